The molecule has 0 N–H and O–H groups in total. The summed E-state index contributed by atoms with van der Waals surface area (Å²) in [5.74, 6) is 0.869. The number of thiazole rings is 1. The predicted molar refractivity (Wildman–Crippen MR) is 117 cm³/mol. The first-order valence-corrected chi connectivity index (χ1v) is 12.0. The summed E-state index contributed by atoms with van der Waals surface area (Å²) in [6, 6.07) is 12.0. The van der Waals surface area contributed by atoms with Gasteiger partial charge >= 0.3 is 0 Å². The van der Waals surface area contributed by atoms with Gasteiger partial charge in [-0.15, -0.1) is 0 Å². The lowest BCUT2D eigenvalue weighted by molar-refractivity contribution is -0.118. The van der Waals surface area contributed by atoms with Crippen LogP contribution in [0.2, 0.25) is 0 Å². The molecule has 160 valence electrons. The lowest BCUT2D eigenvalue weighted by atomic mass is 10.3. The molecule has 2 aromatic carbocycles. The number of para-hydroxylation sites is 1. The zero-order valence-electron chi connectivity index (χ0n) is 17.1. The molecule has 0 saturated heterocycles. The molecule has 0 saturated carbocycles. The van der Waals surface area contributed by atoms with Crippen LogP contribution in [0.3, 0.4) is 0 Å². The first-order valence-electron chi connectivity index (χ1n) is 9.51. The molecule has 0 unspecified atom stereocenters. The topological polar surface area (TPSA) is 87.0 Å². The molecule has 0 aliphatic carbocycles. The standard InChI is InChI=1S/C21H24N2O5S2/c1-4-28-17-7-5-8-18-20(17)23(2)21(29-18)22-19(24)9-6-14-30(25,26)16-12-10-15(27-3)11-13-16/h5,7-8,10-13H,4,6,9,14H2,1-3H3. The first-order chi connectivity index (χ1) is 14.4. The van der Waals surface area contributed by atoms with E-state index in [9.17, 15) is 13.2 Å². The van der Waals surface area contributed by atoms with Crippen molar-refractivity contribution in [1.29, 1.82) is 0 Å². The van der Waals surface area contributed by atoms with E-state index in [1.807, 2.05) is 36.7 Å². The molecule has 7 nitrogen and oxygen atoms in total. The molecule has 0 atom stereocenters. The van der Waals surface area contributed by atoms with Crippen LogP contribution in [0.4, 0.5) is 0 Å². The fourth-order valence-corrected chi connectivity index (χ4v) is 5.39. The van der Waals surface area contributed by atoms with Crippen LogP contribution >= 0.6 is 11.3 Å². The third kappa shape index (κ3) is 4.91. The van der Waals surface area contributed by atoms with Crippen molar-refractivity contribution in [3.63, 3.8) is 0 Å². The number of carbonyl (C=O) groups is 1. The Hall–Kier alpha value is -2.65. The molecule has 0 aliphatic rings. The average molecular weight is 449 g/mol. The Bertz CT molecular complexity index is 1210. The molecule has 9 heteroatoms. The maximum Gasteiger partial charge on any atom is 0.248 e. The van der Waals surface area contributed by atoms with Gasteiger partial charge in [-0.1, -0.05) is 17.4 Å². The highest BCUT2D eigenvalue weighted by molar-refractivity contribution is 7.91. The molecule has 3 aromatic rings. The van der Waals surface area contributed by atoms with Crippen LogP contribution in [0.15, 0.2) is 52.4 Å². The van der Waals surface area contributed by atoms with Crippen LogP contribution in [0, 0.1) is 0 Å². The number of nitrogens with zero attached hydrogens (tertiary/aromatic N) is 2. The van der Waals surface area contributed by atoms with Gasteiger partial charge < -0.3 is 14.0 Å². The highest BCUT2D eigenvalue weighted by Crippen LogP contribution is 2.26. The number of fused-ring (bicyclic) bond motifs is 1. The highest BCUT2D eigenvalue weighted by Gasteiger charge is 2.15. The maximum atomic E-state index is 12.4. The number of sulfone groups is 1. The Morgan fingerprint density at radius 3 is 2.57 bits per heavy atom. The molecule has 1 heterocycles. The van der Waals surface area contributed by atoms with Crippen LogP contribution in [0.5, 0.6) is 11.5 Å². The van der Waals surface area contributed by atoms with Crippen molar-refractivity contribution in [2.45, 2.75) is 24.7 Å². The van der Waals surface area contributed by atoms with E-state index in [1.165, 1.54) is 30.6 Å². The SMILES string of the molecule is CCOc1cccc2sc(=NC(=O)CCCS(=O)(=O)c3ccc(OC)cc3)n(C)c12. The van der Waals surface area contributed by atoms with E-state index in [4.69, 9.17) is 9.47 Å². The Balaban J connectivity index is 1.70. The molecular formula is C21H24N2O5S2. The number of aryl methyl sites for hydroxylation is 1. The van der Waals surface area contributed by atoms with Gasteiger partial charge in [-0.2, -0.15) is 4.99 Å². The van der Waals surface area contributed by atoms with Gasteiger partial charge in [-0.3, -0.25) is 4.79 Å². The van der Waals surface area contributed by atoms with Crippen molar-refractivity contribution in [1.82, 2.24) is 4.57 Å². The van der Waals surface area contributed by atoms with E-state index in [0.29, 0.717) is 17.2 Å². The van der Waals surface area contributed by atoms with Crippen molar-refractivity contribution in [3.05, 3.63) is 47.3 Å². The van der Waals surface area contributed by atoms with E-state index in [0.717, 1.165) is 16.0 Å². The summed E-state index contributed by atoms with van der Waals surface area (Å²) >= 11 is 1.40. The number of rotatable bonds is 8. The molecule has 0 fully saturated rings. The highest BCUT2D eigenvalue weighted by atomic mass is 32.2. The van der Waals surface area contributed by atoms with Gasteiger partial charge in [-0.05, 0) is 49.7 Å². The minimum Gasteiger partial charge on any atom is -0.497 e. The van der Waals surface area contributed by atoms with Gasteiger partial charge in [-0.25, -0.2) is 8.42 Å². The van der Waals surface area contributed by atoms with Gasteiger partial charge in [0.25, 0.3) is 0 Å². The Labute approximate surface area is 179 Å². The molecule has 0 radical (unpaired) electrons. The van der Waals surface area contributed by atoms with Crippen molar-refractivity contribution >= 4 is 37.3 Å². The van der Waals surface area contributed by atoms with Gasteiger partial charge in [0.2, 0.25) is 5.91 Å². The summed E-state index contributed by atoms with van der Waals surface area (Å²) in [7, 11) is -0.107. The smallest absolute Gasteiger partial charge is 0.248 e. The zero-order chi connectivity index (χ0) is 21.7. The Kier molecular flexibility index (Phi) is 6.94. The lowest BCUT2D eigenvalue weighted by Gasteiger charge is -2.06. The quantitative estimate of drug-likeness (QED) is 0.528. The number of ether oxygens (including phenoxy) is 2. The maximum absolute atomic E-state index is 12.4. The molecule has 0 spiro atoms. The number of hydrogen-bond acceptors (Lipinski definition) is 6. The fourth-order valence-electron chi connectivity index (χ4n) is 3.02. The van der Waals surface area contributed by atoms with Crippen LogP contribution < -0.4 is 14.3 Å². The van der Waals surface area contributed by atoms with E-state index in [-0.39, 0.29) is 29.4 Å². The molecule has 1 aromatic heterocycles. The molecule has 1 amide bonds. The van der Waals surface area contributed by atoms with Crippen LogP contribution in [0.1, 0.15) is 19.8 Å². The van der Waals surface area contributed by atoms with E-state index < -0.39 is 9.84 Å². The van der Waals surface area contributed by atoms with Crippen LogP contribution in [-0.2, 0) is 21.7 Å². The number of hydrogen-bond donors (Lipinski definition) is 0. The first kappa shape index (κ1) is 22.0. The predicted octanol–water partition coefficient (Wildman–Crippen LogP) is 3.33. The summed E-state index contributed by atoms with van der Waals surface area (Å²) in [5, 5.41) is 0. The summed E-state index contributed by atoms with van der Waals surface area (Å²) in [5.41, 5.74) is 0.887. The number of amides is 1. The van der Waals surface area contributed by atoms with E-state index in [1.54, 1.807) is 12.1 Å². The molecule has 3 rings (SSSR count). The normalized spacial score (nSPS) is 12.3. The summed E-state index contributed by atoms with van der Waals surface area (Å²) < 4.78 is 38.4. The summed E-state index contributed by atoms with van der Waals surface area (Å²) in [6.07, 6.45) is 0.261. The summed E-state index contributed by atoms with van der Waals surface area (Å²) in [4.78, 5) is 17.3. The number of methoxy groups -OCH3 is 1. The third-order valence-corrected chi connectivity index (χ3v) is 7.44. The van der Waals surface area contributed by atoms with Crippen molar-refractivity contribution in [3.8, 4) is 11.5 Å². The second kappa shape index (κ2) is 9.44. The fraction of sp³-hybridized carbons (Fsp3) is 0.333. The largest absolute Gasteiger partial charge is 0.497 e. The van der Waals surface area contributed by atoms with Gasteiger partial charge in [0.15, 0.2) is 14.6 Å². The molecule has 30 heavy (non-hydrogen) atoms. The van der Waals surface area contributed by atoms with E-state index >= 15 is 0 Å². The summed E-state index contributed by atoms with van der Waals surface area (Å²) in [6.45, 7) is 2.46. The van der Waals surface area contributed by atoms with Crippen molar-refractivity contribution < 1.29 is 22.7 Å². The second-order valence-electron chi connectivity index (χ2n) is 6.58. The van der Waals surface area contributed by atoms with Gasteiger partial charge in [0.05, 0.1) is 29.1 Å². The Morgan fingerprint density at radius 2 is 1.90 bits per heavy atom. The van der Waals surface area contributed by atoms with Crippen molar-refractivity contribution in [2.75, 3.05) is 19.5 Å². The number of benzene rings is 2. The Morgan fingerprint density at radius 1 is 1.17 bits per heavy atom. The van der Waals surface area contributed by atoms with Crippen LogP contribution in [0.25, 0.3) is 10.2 Å². The second-order valence-corrected chi connectivity index (χ2v) is 9.70. The monoisotopic (exact) mass is 448 g/mol. The van der Waals surface area contributed by atoms with Gasteiger partial charge in [0.1, 0.15) is 17.0 Å². The number of aromatic nitrogens is 1. The third-order valence-electron chi connectivity index (χ3n) is 4.53. The molecule has 0 aliphatic heterocycles. The zero-order valence-corrected chi connectivity index (χ0v) is 18.8. The number of carbonyl (C=O) groups excluding carboxylic acids is 1. The lowest BCUT2D eigenvalue weighted by Crippen LogP contribution is -2.14. The van der Waals surface area contributed by atoms with Gasteiger partial charge in [0, 0.05) is 13.5 Å². The van der Waals surface area contributed by atoms with Crippen LogP contribution in [-0.4, -0.2) is 38.4 Å². The molecule has 0 bridgehead atoms. The van der Waals surface area contributed by atoms with E-state index in [2.05, 4.69) is 4.99 Å². The van der Waals surface area contributed by atoms with Crippen molar-refractivity contribution in [2.24, 2.45) is 12.0 Å². The minimum atomic E-state index is -3.46. The average Bonchev–Trinajstić information content (AvgIpc) is 3.04. The minimum absolute atomic E-state index is 0.0575. The molecular weight excluding hydrogens is 424 g/mol.